The molecule has 1 saturated heterocycles. The molecular formula is C18H19F3N4O3. The number of carbonyl (C=O) groups is 2. The smallest absolute Gasteiger partial charge is 0.339 e. The van der Waals surface area contributed by atoms with Crippen LogP contribution in [0, 0.1) is 5.92 Å². The van der Waals surface area contributed by atoms with Gasteiger partial charge in [-0.05, 0) is 12.1 Å². The van der Waals surface area contributed by atoms with Crippen molar-refractivity contribution in [2.24, 2.45) is 5.92 Å². The van der Waals surface area contributed by atoms with Crippen molar-refractivity contribution in [1.29, 1.82) is 0 Å². The minimum atomic E-state index is -4.71. The SMILES string of the molecule is CC(C)C(=O)N1CCN(C(=O)c2ccc(-c3noc(C(F)(F)F)n3)cc2)CC1. The van der Waals surface area contributed by atoms with Crippen LogP contribution in [0.25, 0.3) is 11.4 Å². The van der Waals surface area contributed by atoms with Crippen molar-refractivity contribution in [3.05, 3.63) is 35.7 Å². The van der Waals surface area contributed by atoms with E-state index in [-0.39, 0.29) is 23.6 Å². The second-order valence-electron chi connectivity index (χ2n) is 6.77. The van der Waals surface area contributed by atoms with E-state index in [4.69, 9.17) is 0 Å². The average Bonchev–Trinajstić information content (AvgIpc) is 3.18. The van der Waals surface area contributed by atoms with Gasteiger partial charge in [0.05, 0.1) is 0 Å². The van der Waals surface area contributed by atoms with Gasteiger partial charge in [0.2, 0.25) is 11.7 Å². The van der Waals surface area contributed by atoms with Crippen molar-refractivity contribution in [3.8, 4) is 11.4 Å². The Morgan fingerprint density at radius 1 is 1.04 bits per heavy atom. The van der Waals surface area contributed by atoms with Crippen LogP contribution in [-0.4, -0.2) is 57.9 Å². The minimum Gasteiger partial charge on any atom is -0.339 e. The zero-order valence-corrected chi connectivity index (χ0v) is 15.4. The van der Waals surface area contributed by atoms with E-state index in [2.05, 4.69) is 14.7 Å². The molecule has 1 fully saturated rings. The van der Waals surface area contributed by atoms with Crippen molar-refractivity contribution < 1.29 is 27.3 Å². The van der Waals surface area contributed by atoms with Crippen molar-refractivity contribution >= 4 is 11.8 Å². The Morgan fingerprint density at radius 3 is 2.11 bits per heavy atom. The Hall–Kier alpha value is -2.91. The molecule has 2 heterocycles. The number of nitrogens with zero attached hydrogens (tertiary/aromatic N) is 4. The molecule has 7 nitrogen and oxygen atoms in total. The fraction of sp³-hybridized carbons (Fsp3) is 0.444. The number of amides is 2. The van der Waals surface area contributed by atoms with E-state index in [1.807, 2.05) is 13.8 Å². The van der Waals surface area contributed by atoms with Gasteiger partial charge in [-0.1, -0.05) is 31.1 Å². The minimum absolute atomic E-state index is 0.0646. The molecule has 150 valence electrons. The molecule has 3 rings (SSSR count). The molecule has 2 amide bonds. The summed E-state index contributed by atoms with van der Waals surface area (Å²) >= 11 is 0. The van der Waals surface area contributed by atoms with Crippen LogP contribution in [0.1, 0.15) is 30.1 Å². The lowest BCUT2D eigenvalue weighted by Crippen LogP contribution is -2.51. The zero-order chi connectivity index (χ0) is 20.5. The summed E-state index contributed by atoms with van der Waals surface area (Å²) in [6.45, 7) is 5.48. The number of hydrogen-bond donors (Lipinski definition) is 0. The lowest BCUT2D eigenvalue weighted by Gasteiger charge is -2.35. The maximum Gasteiger partial charge on any atom is 0.471 e. The van der Waals surface area contributed by atoms with Crippen molar-refractivity contribution in [3.63, 3.8) is 0 Å². The van der Waals surface area contributed by atoms with E-state index in [1.165, 1.54) is 24.3 Å². The number of rotatable bonds is 3. The fourth-order valence-corrected chi connectivity index (χ4v) is 2.90. The molecule has 1 aliphatic rings. The topological polar surface area (TPSA) is 79.5 Å². The van der Waals surface area contributed by atoms with Gasteiger partial charge in [0.25, 0.3) is 5.91 Å². The monoisotopic (exact) mass is 396 g/mol. The summed E-state index contributed by atoms with van der Waals surface area (Å²) in [5.41, 5.74) is 0.704. The first-order valence-electron chi connectivity index (χ1n) is 8.76. The average molecular weight is 396 g/mol. The number of hydrogen-bond acceptors (Lipinski definition) is 5. The molecule has 0 unspecified atom stereocenters. The Kier molecular flexibility index (Phi) is 5.39. The van der Waals surface area contributed by atoms with Gasteiger partial charge in [-0.25, -0.2) is 0 Å². The Bertz CT molecular complexity index is 854. The van der Waals surface area contributed by atoms with Crippen molar-refractivity contribution in [2.45, 2.75) is 20.0 Å². The van der Waals surface area contributed by atoms with Crippen LogP contribution in [0.5, 0.6) is 0 Å². The molecule has 0 atom stereocenters. The number of carbonyl (C=O) groups excluding carboxylic acids is 2. The molecule has 2 aromatic rings. The van der Waals surface area contributed by atoms with Gasteiger partial charge in [-0.15, -0.1) is 0 Å². The molecule has 1 aromatic heterocycles. The first kappa shape index (κ1) is 19.8. The quantitative estimate of drug-likeness (QED) is 0.797. The number of aromatic nitrogens is 2. The number of halogens is 3. The normalized spacial score (nSPS) is 15.2. The lowest BCUT2D eigenvalue weighted by molar-refractivity contribution is -0.159. The molecule has 0 saturated carbocycles. The fourth-order valence-electron chi connectivity index (χ4n) is 2.90. The molecule has 1 aromatic carbocycles. The van der Waals surface area contributed by atoms with Gasteiger partial charge >= 0.3 is 12.1 Å². The van der Waals surface area contributed by atoms with Gasteiger partial charge in [0.1, 0.15) is 0 Å². The van der Waals surface area contributed by atoms with Crippen LogP contribution in [0.3, 0.4) is 0 Å². The Balaban J connectivity index is 1.65. The molecule has 0 aliphatic carbocycles. The summed E-state index contributed by atoms with van der Waals surface area (Å²) < 4.78 is 41.8. The molecule has 10 heteroatoms. The third-order valence-electron chi connectivity index (χ3n) is 4.43. The summed E-state index contributed by atoms with van der Waals surface area (Å²) in [4.78, 5) is 31.3. The van der Waals surface area contributed by atoms with E-state index in [0.29, 0.717) is 37.3 Å². The highest BCUT2D eigenvalue weighted by Crippen LogP contribution is 2.29. The predicted octanol–water partition coefficient (Wildman–Crippen LogP) is 2.70. The van der Waals surface area contributed by atoms with E-state index >= 15 is 0 Å². The number of piperazine rings is 1. The van der Waals surface area contributed by atoms with Crippen LogP contribution >= 0.6 is 0 Å². The third-order valence-corrected chi connectivity index (χ3v) is 4.43. The van der Waals surface area contributed by atoms with E-state index in [0.717, 1.165) is 0 Å². The largest absolute Gasteiger partial charge is 0.471 e. The first-order valence-corrected chi connectivity index (χ1v) is 8.76. The van der Waals surface area contributed by atoms with Crippen LogP contribution < -0.4 is 0 Å². The van der Waals surface area contributed by atoms with Crippen molar-refractivity contribution in [2.75, 3.05) is 26.2 Å². The zero-order valence-electron chi connectivity index (χ0n) is 15.4. The maximum atomic E-state index is 12.6. The molecule has 0 bridgehead atoms. The summed E-state index contributed by atoms with van der Waals surface area (Å²) in [5, 5.41) is 3.32. The third kappa shape index (κ3) is 4.15. The molecule has 0 spiro atoms. The highest BCUT2D eigenvalue weighted by Gasteiger charge is 2.38. The van der Waals surface area contributed by atoms with Gasteiger partial charge < -0.3 is 14.3 Å². The summed E-state index contributed by atoms with van der Waals surface area (Å²) in [6.07, 6.45) is -4.71. The summed E-state index contributed by atoms with van der Waals surface area (Å²) in [6, 6.07) is 5.95. The highest BCUT2D eigenvalue weighted by molar-refractivity contribution is 5.94. The van der Waals surface area contributed by atoms with Gasteiger partial charge in [0, 0.05) is 43.2 Å². The van der Waals surface area contributed by atoms with Gasteiger partial charge in [-0.3, -0.25) is 9.59 Å². The van der Waals surface area contributed by atoms with Crippen LogP contribution in [0.15, 0.2) is 28.8 Å². The van der Waals surface area contributed by atoms with Gasteiger partial charge in [-0.2, -0.15) is 18.2 Å². The predicted molar refractivity (Wildman–Crippen MR) is 92.1 cm³/mol. The number of benzene rings is 1. The summed E-state index contributed by atoms with van der Waals surface area (Å²) in [7, 11) is 0. The van der Waals surface area contributed by atoms with E-state index in [1.54, 1.807) is 9.80 Å². The van der Waals surface area contributed by atoms with Gasteiger partial charge in [0.15, 0.2) is 0 Å². The molecular weight excluding hydrogens is 377 g/mol. The van der Waals surface area contributed by atoms with Crippen molar-refractivity contribution in [1.82, 2.24) is 19.9 Å². The summed E-state index contributed by atoms with van der Waals surface area (Å²) in [5.74, 6) is -1.84. The van der Waals surface area contributed by atoms with Crippen LogP contribution in [0.4, 0.5) is 13.2 Å². The molecule has 0 radical (unpaired) electrons. The Labute approximate surface area is 159 Å². The molecule has 1 aliphatic heterocycles. The van der Waals surface area contributed by atoms with E-state index in [9.17, 15) is 22.8 Å². The van der Waals surface area contributed by atoms with Crippen LogP contribution in [-0.2, 0) is 11.0 Å². The lowest BCUT2D eigenvalue weighted by atomic mass is 10.1. The molecule has 28 heavy (non-hydrogen) atoms. The standard InChI is InChI=1S/C18H19F3N4O3/c1-11(2)15(26)24-7-9-25(10-8-24)16(27)13-5-3-12(4-6-13)14-22-17(28-23-14)18(19,20)21/h3-6,11H,7-10H2,1-2H3. The first-order chi connectivity index (χ1) is 13.2. The molecule has 0 N–H and O–H groups in total. The van der Waals surface area contributed by atoms with Crippen LogP contribution in [0.2, 0.25) is 0 Å². The number of alkyl halides is 3. The Morgan fingerprint density at radius 2 is 1.61 bits per heavy atom. The van der Waals surface area contributed by atoms with E-state index < -0.39 is 12.1 Å². The maximum absolute atomic E-state index is 12.6. The second-order valence-corrected chi connectivity index (χ2v) is 6.77. The highest BCUT2D eigenvalue weighted by atomic mass is 19.4. The second kappa shape index (κ2) is 7.61.